The van der Waals surface area contributed by atoms with E-state index in [0.29, 0.717) is 32.3 Å². The van der Waals surface area contributed by atoms with E-state index in [9.17, 15) is 8.42 Å². The van der Waals surface area contributed by atoms with Crippen LogP contribution in [0.1, 0.15) is 25.7 Å². The molecule has 0 bridgehead atoms. The van der Waals surface area contributed by atoms with Crippen LogP contribution in [0.2, 0.25) is 0 Å². The van der Waals surface area contributed by atoms with Crippen LogP contribution >= 0.6 is 0 Å². The molecule has 1 saturated carbocycles. The van der Waals surface area contributed by atoms with Crippen LogP contribution in [0.15, 0.2) is 35.5 Å². The van der Waals surface area contributed by atoms with Gasteiger partial charge in [0.1, 0.15) is 0 Å². The number of hydrogen-bond donors (Lipinski definition) is 0. The maximum Gasteiger partial charge on any atom is 0.255 e. The van der Waals surface area contributed by atoms with Gasteiger partial charge in [0.25, 0.3) is 5.16 Å². The minimum Gasteiger partial charge on any atom is -0.378 e. The van der Waals surface area contributed by atoms with Crippen LogP contribution in [0.5, 0.6) is 0 Å². The molecule has 1 saturated heterocycles. The Bertz CT molecular complexity index is 839. The van der Waals surface area contributed by atoms with Gasteiger partial charge in [-0.25, -0.2) is 8.42 Å². The maximum atomic E-state index is 13.1. The van der Waals surface area contributed by atoms with E-state index in [4.69, 9.17) is 4.74 Å². The third kappa shape index (κ3) is 3.48. The van der Waals surface area contributed by atoms with Crippen LogP contribution in [-0.4, -0.2) is 55.2 Å². The average molecular weight is 376 g/mol. The van der Waals surface area contributed by atoms with E-state index in [0.717, 1.165) is 31.4 Å². The van der Waals surface area contributed by atoms with Crippen molar-refractivity contribution in [3.63, 3.8) is 0 Å². The number of morpholine rings is 1. The quantitative estimate of drug-likeness (QED) is 0.795. The lowest BCUT2D eigenvalue weighted by atomic mass is 10.1. The molecule has 0 atom stereocenters. The molecule has 0 N–H and O–H groups in total. The highest BCUT2D eigenvalue weighted by molar-refractivity contribution is 7.91. The second-order valence-electron chi connectivity index (χ2n) is 6.98. The summed E-state index contributed by atoms with van der Waals surface area (Å²) in [7, 11) is -3.51. The number of hydrogen-bond acceptors (Lipinski definition) is 6. The average Bonchev–Trinajstić information content (AvgIpc) is 3.32. The molecular formula is C18H24N4O3S. The van der Waals surface area contributed by atoms with Gasteiger partial charge in [-0.2, -0.15) is 0 Å². The van der Waals surface area contributed by atoms with E-state index >= 15 is 0 Å². The lowest BCUT2D eigenvalue weighted by Gasteiger charge is -2.28. The molecule has 2 aliphatic rings. The second-order valence-corrected chi connectivity index (χ2v) is 8.91. The molecule has 2 aromatic rings. The van der Waals surface area contributed by atoms with Gasteiger partial charge in [-0.15, -0.1) is 10.2 Å². The van der Waals surface area contributed by atoms with Gasteiger partial charge in [0, 0.05) is 13.1 Å². The minimum absolute atomic E-state index is 0.0529. The second kappa shape index (κ2) is 7.36. The number of nitrogens with zero attached hydrogens (tertiary/aromatic N) is 4. The molecule has 140 valence electrons. The van der Waals surface area contributed by atoms with Crippen LogP contribution in [0.25, 0.3) is 5.69 Å². The van der Waals surface area contributed by atoms with Gasteiger partial charge in [-0.1, -0.05) is 31.0 Å². The molecule has 4 rings (SSSR count). The first-order valence-electron chi connectivity index (χ1n) is 9.21. The zero-order valence-electron chi connectivity index (χ0n) is 14.7. The van der Waals surface area contributed by atoms with Gasteiger partial charge in [0.05, 0.1) is 24.7 Å². The molecule has 0 spiro atoms. The number of rotatable bonds is 5. The van der Waals surface area contributed by atoms with E-state index in [2.05, 4.69) is 10.2 Å². The van der Waals surface area contributed by atoms with Crippen molar-refractivity contribution in [3.8, 4) is 5.69 Å². The summed E-state index contributed by atoms with van der Waals surface area (Å²) in [6.07, 6.45) is 4.19. The van der Waals surface area contributed by atoms with Crippen molar-refractivity contribution in [2.75, 3.05) is 37.0 Å². The van der Waals surface area contributed by atoms with Crippen LogP contribution in [0, 0.1) is 5.92 Å². The number of anilines is 1. The lowest BCUT2D eigenvalue weighted by Crippen LogP contribution is -2.38. The fourth-order valence-corrected chi connectivity index (χ4v) is 5.53. The molecule has 1 aliphatic heterocycles. The van der Waals surface area contributed by atoms with Gasteiger partial charge in [0.2, 0.25) is 15.8 Å². The molecule has 0 radical (unpaired) electrons. The zero-order chi connectivity index (χ0) is 18.0. The number of ether oxygens (including phenoxy) is 1. The van der Waals surface area contributed by atoms with E-state index < -0.39 is 9.84 Å². The molecule has 8 heteroatoms. The monoisotopic (exact) mass is 376 g/mol. The fourth-order valence-electron chi connectivity index (χ4n) is 3.80. The number of sulfone groups is 1. The van der Waals surface area contributed by atoms with Crippen molar-refractivity contribution in [1.29, 1.82) is 0 Å². The molecule has 26 heavy (non-hydrogen) atoms. The topological polar surface area (TPSA) is 77.3 Å². The Morgan fingerprint density at radius 3 is 2.42 bits per heavy atom. The van der Waals surface area contributed by atoms with Crippen LogP contribution in [0.4, 0.5) is 5.95 Å². The fraction of sp³-hybridized carbons (Fsp3) is 0.556. The van der Waals surface area contributed by atoms with Gasteiger partial charge < -0.3 is 9.64 Å². The third-order valence-corrected chi connectivity index (χ3v) is 6.86. The molecule has 0 amide bonds. The molecule has 7 nitrogen and oxygen atoms in total. The summed E-state index contributed by atoms with van der Waals surface area (Å²) in [6.45, 7) is 2.55. The first-order chi connectivity index (χ1) is 12.6. The maximum absolute atomic E-state index is 13.1. The standard InChI is InChI=1S/C18H24N4O3S/c23-26(24,14-15-6-4-5-7-15)18-20-19-17(21-10-12-25-13-11-21)22(18)16-8-2-1-3-9-16/h1-3,8-9,15H,4-7,10-14H2. The lowest BCUT2D eigenvalue weighted by molar-refractivity contribution is 0.122. The normalized spacial score (nSPS) is 19.2. The SMILES string of the molecule is O=S(=O)(CC1CCCC1)c1nnc(N2CCOCC2)n1-c1ccccc1. The highest BCUT2D eigenvalue weighted by atomic mass is 32.2. The number of para-hydroxylation sites is 1. The summed E-state index contributed by atoms with van der Waals surface area (Å²) in [6, 6.07) is 9.48. The van der Waals surface area contributed by atoms with Crippen molar-refractivity contribution in [2.45, 2.75) is 30.8 Å². The summed E-state index contributed by atoms with van der Waals surface area (Å²) in [5.74, 6) is 0.957. The molecule has 1 aliphatic carbocycles. The van der Waals surface area contributed by atoms with Crippen molar-refractivity contribution in [3.05, 3.63) is 30.3 Å². The largest absolute Gasteiger partial charge is 0.378 e. The van der Waals surface area contributed by atoms with Gasteiger partial charge >= 0.3 is 0 Å². The first-order valence-corrected chi connectivity index (χ1v) is 10.9. The van der Waals surface area contributed by atoms with Gasteiger partial charge in [-0.3, -0.25) is 4.57 Å². The molecule has 2 fully saturated rings. The Morgan fingerprint density at radius 1 is 1.04 bits per heavy atom. The first kappa shape index (κ1) is 17.5. The smallest absolute Gasteiger partial charge is 0.255 e. The molecule has 2 heterocycles. The van der Waals surface area contributed by atoms with Crippen molar-refractivity contribution in [1.82, 2.24) is 14.8 Å². The summed E-state index contributed by atoms with van der Waals surface area (Å²) < 4.78 is 33.3. The summed E-state index contributed by atoms with van der Waals surface area (Å²) >= 11 is 0. The number of aromatic nitrogens is 3. The van der Waals surface area contributed by atoms with E-state index in [1.807, 2.05) is 35.2 Å². The minimum atomic E-state index is -3.51. The molecule has 1 aromatic carbocycles. The van der Waals surface area contributed by atoms with E-state index in [1.165, 1.54) is 0 Å². The number of benzene rings is 1. The molecule has 0 unspecified atom stereocenters. The van der Waals surface area contributed by atoms with E-state index in [-0.39, 0.29) is 16.8 Å². The Labute approximate surface area is 153 Å². The van der Waals surface area contributed by atoms with Crippen LogP contribution < -0.4 is 4.90 Å². The summed E-state index contributed by atoms with van der Waals surface area (Å²) in [5.41, 5.74) is 0.768. The van der Waals surface area contributed by atoms with E-state index in [1.54, 1.807) is 4.57 Å². The Balaban J connectivity index is 1.75. The summed E-state index contributed by atoms with van der Waals surface area (Å²) in [4.78, 5) is 2.04. The predicted octanol–water partition coefficient (Wildman–Crippen LogP) is 2.07. The zero-order valence-corrected chi connectivity index (χ0v) is 15.6. The molecular weight excluding hydrogens is 352 g/mol. The highest BCUT2D eigenvalue weighted by Crippen LogP contribution is 2.30. The third-order valence-electron chi connectivity index (χ3n) is 5.13. The predicted molar refractivity (Wildman–Crippen MR) is 98.4 cm³/mol. The Kier molecular flexibility index (Phi) is 4.95. The summed E-state index contributed by atoms with van der Waals surface area (Å²) in [5, 5.41) is 8.44. The van der Waals surface area contributed by atoms with Crippen LogP contribution in [-0.2, 0) is 14.6 Å². The molecule has 1 aromatic heterocycles. The highest BCUT2D eigenvalue weighted by Gasteiger charge is 2.31. The van der Waals surface area contributed by atoms with Crippen LogP contribution in [0.3, 0.4) is 0 Å². The van der Waals surface area contributed by atoms with Gasteiger partial charge in [0.15, 0.2) is 0 Å². The van der Waals surface area contributed by atoms with Crippen molar-refractivity contribution >= 4 is 15.8 Å². The van der Waals surface area contributed by atoms with Gasteiger partial charge in [-0.05, 0) is 30.9 Å². The Hall–Kier alpha value is -1.93. The van der Waals surface area contributed by atoms with Crippen molar-refractivity contribution < 1.29 is 13.2 Å². The Morgan fingerprint density at radius 2 is 1.73 bits per heavy atom. The van der Waals surface area contributed by atoms with Crippen molar-refractivity contribution in [2.24, 2.45) is 5.92 Å².